The molecule has 1 fully saturated rings. The van der Waals surface area contributed by atoms with Crippen LogP contribution in [0.2, 0.25) is 0 Å². The number of amidine groups is 1. The van der Waals surface area contributed by atoms with Gasteiger partial charge in [-0.05, 0) is 57.7 Å². The largest absolute Gasteiger partial charge is 0.483 e. The number of hydrogen-bond acceptors (Lipinski definition) is 5. The summed E-state index contributed by atoms with van der Waals surface area (Å²) >= 11 is 0. The fraction of sp³-hybridized carbons (Fsp3) is 0.579. The van der Waals surface area contributed by atoms with Crippen LogP contribution in [0.3, 0.4) is 0 Å². The lowest BCUT2D eigenvalue weighted by Crippen LogP contribution is -2.55. The molecule has 0 bridgehead atoms. The summed E-state index contributed by atoms with van der Waals surface area (Å²) in [5, 5.41) is 7.35. The van der Waals surface area contributed by atoms with Crippen LogP contribution in [0.4, 0.5) is 24.5 Å². The molecule has 9 heteroatoms. The van der Waals surface area contributed by atoms with Gasteiger partial charge >= 0.3 is 6.18 Å². The molecule has 2 heterocycles. The molecule has 1 saturated carbocycles. The van der Waals surface area contributed by atoms with Crippen LogP contribution in [0.25, 0.3) is 0 Å². The van der Waals surface area contributed by atoms with Gasteiger partial charge in [-0.3, -0.25) is 4.79 Å². The molecule has 6 nitrogen and oxygen atoms in total. The summed E-state index contributed by atoms with van der Waals surface area (Å²) in [6, 6.07) is 2.59. The zero-order valence-electron chi connectivity index (χ0n) is 16.0. The summed E-state index contributed by atoms with van der Waals surface area (Å²) in [6.45, 7) is 4.98. The van der Waals surface area contributed by atoms with E-state index < -0.39 is 18.1 Å². The number of amides is 1. The first-order valence-electron chi connectivity index (χ1n) is 9.40. The van der Waals surface area contributed by atoms with E-state index >= 15 is 0 Å². The van der Waals surface area contributed by atoms with Gasteiger partial charge in [-0.15, -0.1) is 0 Å². The molecule has 1 amide bonds. The Morgan fingerprint density at radius 1 is 1.39 bits per heavy atom. The summed E-state index contributed by atoms with van der Waals surface area (Å²) in [6.07, 6.45) is -1.53. The Hall–Kier alpha value is -2.45. The maximum atomic E-state index is 13.5. The van der Waals surface area contributed by atoms with Crippen molar-refractivity contribution >= 4 is 23.1 Å². The van der Waals surface area contributed by atoms with Crippen LogP contribution in [0.15, 0.2) is 17.2 Å². The molecule has 28 heavy (non-hydrogen) atoms. The van der Waals surface area contributed by atoms with Crippen molar-refractivity contribution < 1.29 is 22.7 Å². The Balaban J connectivity index is 1.82. The van der Waals surface area contributed by atoms with Crippen LogP contribution in [0, 0.1) is 0 Å². The predicted molar refractivity (Wildman–Crippen MR) is 99.8 cm³/mol. The zero-order chi connectivity index (χ0) is 20.3. The molecule has 2 atom stereocenters. The van der Waals surface area contributed by atoms with Crippen molar-refractivity contribution in [2.24, 2.45) is 5.10 Å². The quantitative estimate of drug-likeness (QED) is 0.817. The number of alkyl halides is 3. The van der Waals surface area contributed by atoms with Gasteiger partial charge in [0, 0.05) is 11.2 Å². The van der Waals surface area contributed by atoms with Gasteiger partial charge < -0.3 is 15.0 Å². The third-order valence-corrected chi connectivity index (χ3v) is 5.94. The van der Waals surface area contributed by atoms with Gasteiger partial charge in [0.15, 0.2) is 5.84 Å². The number of halogens is 3. The van der Waals surface area contributed by atoms with E-state index in [4.69, 9.17) is 4.74 Å². The Kier molecular flexibility index (Phi) is 4.24. The lowest BCUT2D eigenvalue weighted by atomic mass is 9.78. The highest BCUT2D eigenvalue weighted by atomic mass is 19.4. The molecular weight excluding hydrogens is 373 g/mol. The molecule has 2 unspecified atom stereocenters. The second kappa shape index (κ2) is 6.28. The molecule has 152 valence electrons. The molecule has 1 aromatic carbocycles. The summed E-state index contributed by atoms with van der Waals surface area (Å²) in [7, 11) is 0. The minimum atomic E-state index is -4.37. The van der Waals surface area contributed by atoms with Crippen molar-refractivity contribution in [1.29, 1.82) is 0 Å². The van der Waals surface area contributed by atoms with E-state index in [1.807, 2.05) is 6.92 Å². The fourth-order valence-corrected chi connectivity index (χ4v) is 3.89. The van der Waals surface area contributed by atoms with Gasteiger partial charge in [0.1, 0.15) is 18.4 Å². The first-order chi connectivity index (χ1) is 13.1. The van der Waals surface area contributed by atoms with Gasteiger partial charge in [-0.25, -0.2) is 5.43 Å². The first kappa shape index (κ1) is 18.9. The van der Waals surface area contributed by atoms with E-state index in [1.165, 1.54) is 6.07 Å². The normalized spacial score (nSPS) is 24.1. The number of carbonyl (C=O) groups is 1. The molecular formula is C19H23F3N4O2. The van der Waals surface area contributed by atoms with E-state index in [0.29, 0.717) is 23.0 Å². The maximum Gasteiger partial charge on any atom is 0.395 e. The monoisotopic (exact) mass is 396 g/mol. The van der Waals surface area contributed by atoms with Crippen molar-refractivity contribution in [2.75, 3.05) is 16.8 Å². The van der Waals surface area contributed by atoms with Gasteiger partial charge in [-0.2, -0.15) is 18.3 Å². The van der Waals surface area contributed by atoms with Crippen LogP contribution in [0.5, 0.6) is 5.75 Å². The standard InChI is InChI=1S/C19H23F3N4O2/c1-10(19(20,21)22)12-7-15-14(8-13(12)23-18(3)5-4-6-18)26-11(2)17(27)25-24-16(26)9-28-15/h7-8,10-11,23H,4-6,9H2,1-3H3,(H,25,27). The third-order valence-electron chi connectivity index (χ3n) is 5.94. The van der Waals surface area contributed by atoms with Crippen LogP contribution >= 0.6 is 0 Å². The van der Waals surface area contributed by atoms with E-state index in [-0.39, 0.29) is 23.6 Å². The summed E-state index contributed by atoms with van der Waals surface area (Å²) in [4.78, 5) is 13.8. The molecule has 0 saturated heterocycles. The molecule has 1 aromatic rings. The molecule has 0 spiro atoms. The highest BCUT2D eigenvalue weighted by Gasteiger charge is 2.42. The minimum absolute atomic E-state index is 0.0853. The number of hydrazone groups is 1. The molecule has 2 aliphatic heterocycles. The predicted octanol–water partition coefficient (Wildman–Crippen LogP) is 3.74. The van der Waals surface area contributed by atoms with Crippen molar-refractivity contribution in [3.63, 3.8) is 0 Å². The SMILES string of the molecule is CC1C(=O)NN=C2COc3cc(C(C)C(F)(F)F)c(NC4(C)CCC4)cc3N21. The number of rotatable bonds is 3. The van der Waals surface area contributed by atoms with Crippen LogP contribution < -0.4 is 20.4 Å². The molecule has 2 N–H and O–H groups in total. The van der Waals surface area contributed by atoms with E-state index in [2.05, 4.69) is 15.8 Å². The number of anilines is 2. The third kappa shape index (κ3) is 3.06. The molecule has 3 aliphatic rings. The topological polar surface area (TPSA) is 66.0 Å². The Morgan fingerprint density at radius 2 is 2.11 bits per heavy atom. The van der Waals surface area contributed by atoms with Gasteiger partial charge in [-0.1, -0.05) is 0 Å². The highest BCUT2D eigenvalue weighted by molar-refractivity contribution is 6.09. The number of nitrogens with zero attached hydrogens (tertiary/aromatic N) is 2. The molecule has 1 aliphatic carbocycles. The molecule has 4 rings (SSSR count). The van der Waals surface area contributed by atoms with Crippen molar-refractivity contribution in [3.05, 3.63) is 17.7 Å². The number of benzene rings is 1. The number of carbonyl (C=O) groups excluding carboxylic acids is 1. The zero-order valence-corrected chi connectivity index (χ0v) is 16.0. The average molecular weight is 396 g/mol. The Bertz CT molecular complexity index is 848. The Morgan fingerprint density at radius 3 is 2.71 bits per heavy atom. The number of ether oxygens (including phenoxy) is 1. The van der Waals surface area contributed by atoms with Gasteiger partial charge in [0.2, 0.25) is 0 Å². The van der Waals surface area contributed by atoms with Crippen molar-refractivity contribution in [3.8, 4) is 5.75 Å². The lowest BCUT2D eigenvalue weighted by molar-refractivity contribution is -0.146. The van der Waals surface area contributed by atoms with E-state index in [0.717, 1.165) is 26.2 Å². The Labute approximate surface area is 161 Å². The number of fused-ring (bicyclic) bond motifs is 3. The fourth-order valence-electron chi connectivity index (χ4n) is 3.89. The average Bonchev–Trinajstić information content (AvgIpc) is 2.61. The van der Waals surface area contributed by atoms with Crippen LogP contribution in [-0.2, 0) is 4.79 Å². The van der Waals surface area contributed by atoms with E-state index in [1.54, 1.807) is 17.9 Å². The molecule has 0 radical (unpaired) electrons. The van der Waals surface area contributed by atoms with Crippen molar-refractivity contribution in [1.82, 2.24) is 5.43 Å². The molecule has 0 aromatic heterocycles. The van der Waals surface area contributed by atoms with Crippen LogP contribution in [-0.4, -0.2) is 36.1 Å². The van der Waals surface area contributed by atoms with Crippen molar-refractivity contribution in [2.45, 2.75) is 63.7 Å². The van der Waals surface area contributed by atoms with Crippen LogP contribution in [0.1, 0.15) is 51.5 Å². The second-order valence-corrected chi connectivity index (χ2v) is 8.05. The summed E-state index contributed by atoms with van der Waals surface area (Å²) < 4.78 is 46.2. The number of hydrogen-bond donors (Lipinski definition) is 2. The highest BCUT2D eigenvalue weighted by Crippen LogP contribution is 2.47. The number of nitrogens with one attached hydrogen (secondary N) is 2. The summed E-state index contributed by atoms with van der Waals surface area (Å²) in [5.41, 5.74) is 3.34. The smallest absolute Gasteiger partial charge is 0.395 e. The first-order valence-corrected chi connectivity index (χ1v) is 9.40. The lowest BCUT2D eigenvalue weighted by Gasteiger charge is -2.42. The summed E-state index contributed by atoms with van der Waals surface area (Å²) in [5.74, 6) is -1.07. The van der Waals surface area contributed by atoms with E-state index in [9.17, 15) is 18.0 Å². The second-order valence-electron chi connectivity index (χ2n) is 8.05. The van der Waals surface area contributed by atoms with Gasteiger partial charge in [0.25, 0.3) is 5.91 Å². The maximum absolute atomic E-state index is 13.5. The van der Waals surface area contributed by atoms with Gasteiger partial charge in [0.05, 0.1) is 11.6 Å². The minimum Gasteiger partial charge on any atom is -0.483 e.